The van der Waals surface area contributed by atoms with Crippen LogP contribution < -0.4 is 4.74 Å². The highest BCUT2D eigenvalue weighted by atomic mass is 19.1. The zero-order valence-corrected chi connectivity index (χ0v) is 16.5. The molecule has 2 aromatic carbocycles. The summed E-state index contributed by atoms with van der Waals surface area (Å²) in [5.74, 6) is -0.668. The molecule has 0 spiro atoms. The van der Waals surface area contributed by atoms with Crippen molar-refractivity contribution < 1.29 is 18.7 Å². The normalized spacial score (nSPS) is 18.1. The third-order valence-corrected chi connectivity index (χ3v) is 5.57. The van der Waals surface area contributed by atoms with Crippen molar-refractivity contribution in [2.45, 2.75) is 32.0 Å². The molecule has 0 N–H and O–H groups in total. The van der Waals surface area contributed by atoms with Crippen molar-refractivity contribution in [2.24, 2.45) is 0 Å². The Morgan fingerprint density at radius 3 is 2.80 bits per heavy atom. The van der Waals surface area contributed by atoms with Crippen LogP contribution in [0.1, 0.15) is 34.3 Å². The van der Waals surface area contributed by atoms with Crippen molar-refractivity contribution in [3.63, 3.8) is 0 Å². The number of nitrogens with zero attached hydrogens (tertiary/aromatic N) is 3. The number of aromatic nitrogens is 2. The van der Waals surface area contributed by atoms with Crippen molar-refractivity contribution in [3.8, 4) is 11.4 Å². The number of fused-ring (bicyclic) bond motifs is 1. The number of hydrogen-bond donors (Lipinski definition) is 0. The average molecular weight is 407 g/mol. The Labute approximate surface area is 173 Å². The van der Waals surface area contributed by atoms with Crippen LogP contribution in [0.25, 0.3) is 5.69 Å². The molecule has 0 bridgehead atoms. The molecule has 30 heavy (non-hydrogen) atoms. The standard InChI is InChI=1S/C23H22FN3O3/c24-20-9-6-17-14-26(13-16-4-7-18(8-5-16)27-11-2-10-25-27)23(28)21(17)22(20)30-15-19-3-1-12-29-19/h2,4-11,19H,1,3,12-15H2. The van der Waals surface area contributed by atoms with Crippen molar-refractivity contribution in [1.29, 1.82) is 0 Å². The predicted molar refractivity (Wildman–Crippen MR) is 108 cm³/mol. The highest BCUT2D eigenvalue weighted by Crippen LogP contribution is 2.34. The SMILES string of the molecule is O=C1c2c(ccc(F)c2OCC2CCCO2)CN1Cc1ccc(-n2cccn2)cc1. The van der Waals surface area contributed by atoms with E-state index in [-0.39, 0.29) is 24.4 Å². The number of carbonyl (C=O) groups is 1. The Morgan fingerprint density at radius 2 is 2.07 bits per heavy atom. The van der Waals surface area contributed by atoms with E-state index >= 15 is 0 Å². The number of ether oxygens (including phenoxy) is 2. The molecule has 1 fully saturated rings. The molecule has 1 amide bonds. The first-order valence-corrected chi connectivity index (χ1v) is 10.1. The van der Waals surface area contributed by atoms with Gasteiger partial charge in [0.25, 0.3) is 5.91 Å². The van der Waals surface area contributed by atoms with Gasteiger partial charge in [0.05, 0.1) is 17.4 Å². The second kappa shape index (κ2) is 7.91. The van der Waals surface area contributed by atoms with Crippen LogP contribution in [-0.4, -0.2) is 39.9 Å². The topological polar surface area (TPSA) is 56.6 Å². The quantitative estimate of drug-likeness (QED) is 0.625. The van der Waals surface area contributed by atoms with Crippen LogP contribution in [-0.2, 0) is 17.8 Å². The first kappa shape index (κ1) is 18.8. The van der Waals surface area contributed by atoms with E-state index in [2.05, 4.69) is 5.10 Å². The van der Waals surface area contributed by atoms with Crippen LogP contribution in [0.4, 0.5) is 4.39 Å². The number of benzene rings is 2. The van der Waals surface area contributed by atoms with Gasteiger partial charge in [-0.2, -0.15) is 5.10 Å². The molecule has 2 aliphatic heterocycles. The highest BCUT2D eigenvalue weighted by Gasteiger charge is 2.33. The monoisotopic (exact) mass is 407 g/mol. The summed E-state index contributed by atoms with van der Waals surface area (Å²) in [7, 11) is 0. The van der Waals surface area contributed by atoms with Crippen LogP contribution in [0.15, 0.2) is 54.9 Å². The van der Waals surface area contributed by atoms with Crippen LogP contribution >= 0.6 is 0 Å². The number of amides is 1. The van der Waals surface area contributed by atoms with Crippen LogP contribution in [0, 0.1) is 5.82 Å². The van der Waals surface area contributed by atoms with Crippen LogP contribution in [0.2, 0.25) is 0 Å². The van der Waals surface area contributed by atoms with Crippen molar-refractivity contribution in [2.75, 3.05) is 13.2 Å². The average Bonchev–Trinajstić information content (AvgIpc) is 3.51. The van der Waals surface area contributed by atoms with Gasteiger partial charge in [-0.1, -0.05) is 18.2 Å². The summed E-state index contributed by atoms with van der Waals surface area (Å²) in [6, 6.07) is 12.8. The number of hydrogen-bond acceptors (Lipinski definition) is 4. The summed E-state index contributed by atoms with van der Waals surface area (Å²) >= 11 is 0. The highest BCUT2D eigenvalue weighted by molar-refractivity contribution is 6.01. The lowest BCUT2D eigenvalue weighted by molar-refractivity contribution is 0.0645. The molecule has 154 valence electrons. The number of rotatable bonds is 6. The Morgan fingerprint density at radius 1 is 1.20 bits per heavy atom. The summed E-state index contributed by atoms with van der Waals surface area (Å²) in [6.45, 7) is 1.84. The first-order valence-electron chi connectivity index (χ1n) is 10.1. The van der Waals surface area contributed by atoms with Gasteiger partial charge in [0.2, 0.25) is 0 Å². The number of carbonyl (C=O) groups excluding carboxylic acids is 1. The maximum absolute atomic E-state index is 14.5. The molecule has 1 saturated heterocycles. The molecule has 1 aromatic heterocycles. The zero-order valence-electron chi connectivity index (χ0n) is 16.5. The molecule has 7 heteroatoms. The Kier molecular flexibility index (Phi) is 4.96. The fraction of sp³-hybridized carbons (Fsp3) is 0.304. The molecule has 6 nitrogen and oxygen atoms in total. The zero-order chi connectivity index (χ0) is 20.5. The molecular weight excluding hydrogens is 385 g/mol. The summed E-state index contributed by atoms with van der Waals surface area (Å²) in [4.78, 5) is 14.8. The summed E-state index contributed by atoms with van der Waals surface area (Å²) in [5.41, 5.74) is 3.07. The van der Waals surface area contributed by atoms with Gasteiger partial charge in [-0.05, 0) is 48.2 Å². The van der Waals surface area contributed by atoms with Gasteiger partial charge in [-0.15, -0.1) is 0 Å². The van der Waals surface area contributed by atoms with Crippen LogP contribution in [0.3, 0.4) is 0 Å². The van der Waals surface area contributed by atoms with E-state index in [1.54, 1.807) is 21.8 Å². The molecule has 0 saturated carbocycles. The molecule has 1 atom stereocenters. The van der Waals surface area contributed by atoms with Gasteiger partial charge in [0, 0.05) is 32.1 Å². The predicted octanol–water partition coefficient (Wildman–Crippen LogP) is 3.73. The molecule has 3 heterocycles. The molecule has 5 rings (SSSR count). The minimum atomic E-state index is -0.509. The fourth-order valence-corrected chi connectivity index (χ4v) is 4.02. The maximum Gasteiger partial charge on any atom is 0.258 e. The minimum Gasteiger partial charge on any atom is -0.487 e. The lowest BCUT2D eigenvalue weighted by atomic mass is 10.1. The molecule has 0 aliphatic carbocycles. The molecule has 0 radical (unpaired) electrons. The first-order chi connectivity index (χ1) is 14.7. The Bertz CT molecular complexity index is 1040. The largest absolute Gasteiger partial charge is 0.487 e. The van der Waals surface area contributed by atoms with Gasteiger partial charge in [-0.25, -0.2) is 9.07 Å². The third-order valence-electron chi connectivity index (χ3n) is 5.57. The van der Waals surface area contributed by atoms with E-state index in [0.717, 1.165) is 29.7 Å². The summed E-state index contributed by atoms with van der Waals surface area (Å²) in [5, 5.41) is 4.22. The lowest BCUT2D eigenvalue weighted by Gasteiger charge is -2.17. The van der Waals surface area contributed by atoms with Crippen molar-refractivity contribution in [3.05, 3.63) is 77.4 Å². The fourth-order valence-electron chi connectivity index (χ4n) is 4.02. The molecule has 2 aliphatic rings. The molecule has 3 aromatic rings. The Hall–Kier alpha value is -3.19. The van der Waals surface area contributed by atoms with E-state index in [1.807, 2.05) is 36.5 Å². The van der Waals surface area contributed by atoms with E-state index in [4.69, 9.17) is 9.47 Å². The third kappa shape index (κ3) is 3.57. The van der Waals surface area contributed by atoms with Gasteiger partial charge in [-0.3, -0.25) is 4.79 Å². The molecular formula is C23H22FN3O3. The smallest absolute Gasteiger partial charge is 0.258 e. The van der Waals surface area contributed by atoms with Gasteiger partial charge in [0.15, 0.2) is 11.6 Å². The van der Waals surface area contributed by atoms with Gasteiger partial charge < -0.3 is 14.4 Å². The second-order valence-corrected chi connectivity index (χ2v) is 7.63. The van der Waals surface area contributed by atoms with E-state index < -0.39 is 5.82 Å². The Balaban J connectivity index is 1.31. The maximum atomic E-state index is 14.5. The summed E-state index contributed by atoms with van der Waals surface area (Å²) in [6.07, 6.45) is 5.44. The molecule has 1 unspecified atom stereocenters. The van der Waals surface area contributed by atoms with E-state index in [9.17, 15) is 9.18 Å². The minimum absolute atomic E-state index is 0.0406. The van der Waals surface area contributed by atoms with Crippen LogP contribution in [0.5, 0.6) is 5.75 Å². The van der Waals surface area contributed by atoms with E-state index in [1.165, 1.54) is 6.07 Å². The summed E-state index contributed by atoms with van der Waals surface area (Å²) < 4.78 is 27.5. The van der Waals surface area contributed by atoms with Crippen molar-refractivity contribution in [1.82, 2.24) is 14.7 Å². The second-order valence-electron chi connectivity index (χ2n) is 7.63. The number of halogens is 1. The van der Waals surface area contributed by atoms with Gasteiger partial charge >= 0.3 is 0 Å². The van der Waals surface area contributed by atoms with Crippen molar-refractivity contribution >= 4 is 5.91 Å². The van der Waals surface area contributed by atoms with E-state index in [0.29, 0.717) is 25.3 Å². The van der Waals surface area contributed by atoms with Gasteiger partial charge in [0.1, 0.15) is 6.61 Å². The lowest BCUT2D eigenvalue weighted by Crippen LogP contribution is -2.24.